The van der Waals surface area contributed by atoms with Crippen molar-refractivity contribution in [2.24, 2.45) is 0 Å². The minimum atomic E-state index is -0.128. The van der Waals surface area contributed by atoms with E-state index in [1.807, 2.05) is 26.8 Å². The molecule has 0 aromatic heterocycles. The van der Waals surface area contributed by atoms with Crippen LogP contribution in [-0.4, -0.2) is 12.6 Å². The third-order valence-electron chi connectivity index (χ3n) is 1.33. The van der Waals surface area contributed by atoms with E-state index in [9.17, 15) is 4.79 Å². The van der Waals surface area contributed by atoms with Crippen molar-refractivity contribution >= 4 is 5.97 Å². The zero-order chi connectivity index (χ0) is 8.69. The smallest absolute Gasteiger partial charge is 0.334 e. The Hall–Kier alpha value is -0.790. The van der Waals surface area contributed by atoms with E-state index in [1.165, 1.54) is 0 Å². The molecule has 11 heavy (non-hydrogen) atoms. The second-order valence-electron chi connectivity index (χ2n) is 2.08. The van der Waals surface area contributed by atoms with Gasteiger partial charge in [-0.05, 0) is 12.5 Å². The topological polar surface area (TPSA) is 26.3 Å². The van der Waals surface area contributed by atoms with E-state index in [1.54, 1.807) is 0 Å². The molecule has 64 valence electrons. The molecule has 0 bridgehead atoms. The zero-order valence-corrected chi connectivity index (χ0v) is 7.52. The van der Waals surface area contributed by atoms with E-state index in [4.69, 9.17) is 0 Å². The third-order valence-corrected chi connectivity index (χ3v) is 1.33. The van der Waals surface area contributed by atoms with E-state index in [-0.39, 0.29) is 5.97 Å². The second kappa shape index (κ2) is 5.96. The maximum absolute atomic E-state index is 10.7. The highest BCUT2D eigenvalue weighted by Gasteiger charge is 2.14. The van der Waals surface area contributed by atoms with Gasteiger partial charge in [0.05, 0.1) is 0 Å². The summed E-state index contributed by atoms with van der Waals surface area (Å²) in [6, 6.07) is 0. The van der Waals surface area contributed by atoms with Crippen molar-refractivity contribution in [2.75, 3.05) is 6.61 Å². The molecule has 0 saturated carbocycles. The van der Waals surface area contributed by atoms with Crippen LogP contribution in [0.25, 0.3) is 0 Å². The van der Waals surface area contributed by atoms with Gasteiger partial charge in [0.1, 0.15) is 6.61 Å². The quantitative estimate of drug-likeness (QED) is 0.573. The normalized spacial score (nSPS) is 14.8. The van der Waals surface area contributed by atoms with Crippen LogP contribution in [0.3, 0.4) is 0 Å². The van der Waals surface area contributed by atoms with E-state index in [0.717, 1.165) is 18.4 Å². The van der Waals surface area contributed by atoms with Crippen molar-refractivity contribution in [3.63, 3.8) is 0 Å². The van der Waals surface area contributed by atoms with Crippen LogP contribution < -0.4 is 0 Å². The van der Waals surface area contributed by atoms with Crippen molar-refractivity contribution in [3.8, 4) is 0 Å². The molecule has 0 unspecified atom stereocenters. The summed E-state index contributed by atoms with van der Waals surface area (Å²) in [5.41, 5.74) is 0.845. The Labute approximate surface area is 68.2 Å². The predicted molar refractivity (Wildman–Crippen MR) is 45.3 cm³/mol. The van der Waals surface area contributed by atoms with Crippen molar-refractivity contribution in [3.05, 3.63) is 11.6 Å². The Morgan fingerprint density at radius 1 is 1.55 bits per heavy atom. The molecule has 0 saturated heterocycles. The van der Waals surface area contributed by atoms with Crippen LogP contribution in [0.4, 0.5) is 0 Å². The second-order valence-corrected chi connectivity index (χ2v) is 2.08. The molecule has 0 amide bonds. The molecule has 0 aromatic rings. The van der Waals surface area contributed by atoms with Crippen molar-refractivity contribution in [2.45, 2.75) is 33.6 Å². The first kappa shape index (κ1) is 10.2. The number of ether oxygens (including phenoxy) is 1. The monoisotopic (exact) mass is 156 g/mol. The summed E-state index contributed by atoms with van der Waals surface area (Å²) < 4.78 is 4.69. The molecule has 0 N–H and O–H groups in total. The summed E-state index contributed by atoms with van der Waals surface area (Å²) in [4.78, 5) is 10.7. The number of cyclic esters (lactones) is 1. The van der Waals surface area contributed by atoms with Gasteiger partial charge in [-0.25, -0.2) is 4.79 Å². The number of esters is 1. The number of carbonyl (C=O) groups excluding carboxylic acids is 1. The van der Waals surface area contributed by atoms with E-state index < -0.39 is 0 Å². The lowest BCUT2D eigenvalue weighted by Crippen LogP contribution is -1.98. The van der Waals surface area contributed by atoms with Crippen molar-refractivity contribution in [1.82, 2.24) is 0 Å². The molecule has 0 spiro atoms. The van der Waals surface area contributed by atoms with E-state index in [2.05, 4.69) is 4.74 Å². The lowest BCUT2D eigenvalue weighted by molar-refractivity contribution is -0.136. The van der Waals surface area contributed by atoms with Gasteiger partial charge in [0.15, 0.2) is 0 Å². The summed E-state index contributed by atoms with van der Waals surface area (Å²) in [5, 5.41) is 0. The number of hydrogen-bond acceptors (Lipinski definition) is 2. The molecular formula is C9H16O2. The minimum Gasteiger partial charge on any atom is -0.458 e. The Morgan fingerprint density at radius 3 is 2.55 bits per heavy atom. The molecule has 1 aliphatic heterocycles. The van der Waals surface area contributed by atoms with Crippen LogP contribution in [0.2, 0.25) is 0 Å². The molecule has 2 nitrogen and oxygen atoms in total. The van der Waals surface area contributed by atoms with E-state index in [0.29, 0.717) is 6.61 Å². The van der Waals surface area contributed by atoms with Crippen LogP contribution in [0, 0.1) is 0 Å². The first-order valence-corrected chi connectivity index (χ1v) is 4.20. The Balaban J connectivity index is 0.000000461. The lowest BCUT2D eigenvalue weighted by Gasteiger charge is -1.93. The molecule has 0 atom stereocenters. The minimum absolute atomic E-state index is 0.128. The van der Waals surface area contributed by atoms with Crippen molar-refractivity contribution < 1.29 is 9.53 Å². The molecule has 1 rings (SSSR count). The maximum Gasteiger partial charge on any atom is 0.334 e. The fraction of sp³-hybridized carbons (Fsp3) is 0.667. The molecule has 0 radical (unpaired) electrons. The Kier molecular flexibility index (Phi) is 5.53. The summed E-state index contributed by atoms with van der Waals surface area (Å²) in [7, 11) is 0. The summed E-state index contributed by atoms with van der Waals surface area (Å²) in [5.74, 6) is -0.128. The number of hydrogen-bond donors (Lipinski definition) is 0. The van der Waals surface area contributed by atoms with Crippen LogP contribution in [0.5, 0.6) is 0 Å². The Bertz CT molecular complexity index is 148. The van der Waals surface area contributed by atoms with E-state index >= 15 is 0 Å². The molecule has 0 aromatic carbocycles. The standard InChI is InChI=1S/C7H10O2.C2H6/c1-2-3-6-4-5-9-7(6)8;1-2/h4H,2-3,5H2,1H3;1-2H3. The maximum atomic E-state index is 10.7. The van der Waals surface area contributed by atoms with Gasteiger partial charge in [-0.3, -0.25) is 0 Å². The molecule has 0 fully saturated rings. The number of carbonyl (C=O) groups is 1. The largest absolute Gasteiger partial charge is 0.458 e. The van der Waals surface area contributed by atoms with Crippen molar-refractivity contribution in [1.29, 1.82) is 0 Å². The highest BCUT2D eigenvalue weighted by Crippen LogP contribution is 2.11. The van der Waals surface area contributed by atoms with Crippen LogP contribution in [-0.2, 0) is 9.53 Å². The summed E-state index contributed by atoms with van der Waals surface area (Å²) >= 11 is 0. The fourth-order valence-electron chi connectivity index (χ4n) is 0.867. The SMILES string of the molecule is CC.CCCC1=CCOC1=O. The number of rotatable bonds is 2. The van der Waals surface area contributed by atoms with Gasteiger partial charge in [-0.2, -0.15) is 0 Å². The fourth-order valence-corrected chi connectivity index (χ4v) is 0.867. The highest BCUT2D eigenvalue weighted by molar-refractivity contribution is 5.90. The average Bonchev–Trinajstić information content (AvgIpc) is 2.42. The van der Waals surface area contributed by atoms with Gasteiger partial charge in [-0.15, -0.1) is 0 Å². The van der Waals surface area contributed by atoms with Gasteiger partial charge >= 0.3 is 5.97 Å². The molecule has 2 heteroatoms. The molecule has 1 heterocycles. The zero-order valence-electron chi connectivity index (χ0n) is 7.52. The lowest BCUT2D eigenvalue weighted by atomic mass is 10.2. The average molecular weight is 156 g/mol. The summed E-state index contributed by atoms with van der Waals surface area (Å²) in [6.45, 7) is 6.53. The van der Waals surface area contributed by atoms with Gasteiger partial charge in [-0.1, -0.05) is 27.2 Å². The third kappa shape index (κ3) is 3.21. The van der Waals surface area contributed by atoms with Gasteiger partial charge in [0.25, 0.3) is 0 Å². The van der Waals surface area contributed by atoms with Crippen LogP contribution in [0.15, 0.2) is 11.6 Å². The highest BCUT2D eigenvalue weighted by atomic mass is 16.5. The Morgan fingerprint density at radius 2 is 2.18 bits per heavy atom. The molecule has 0 aliphatic carbocycles. The summed E-state index contributed by atoms with van der Waals surface area (Å²) in [6.07, 6.45) is 3.73. The van der Waals surface area contributed by atoms with Gasteiger partial charge < -0.3 is 4.74 Å². The van der Waals surface area contributed by atoms with Gasteiger partial charge in [0, 0.05) is 5.57 Å². The van der Waals surface area contributed by atoms with Gasteiger partial charge in [0.2, 0.25) is 0 Å². The molecular weight excluding hydrogens is 140 g/mol. The first-order chi connectivity index (χ1) is 5.34. The van der Waals surface area contributed by atoms with Crippen LogP contribution in [0.1, 0.15) is 33.6 Å². The molecule has 1 aliphatic rings. The predicted octanol–water partition coefficient (Wildman–Crippen LogP) is 2.30. The van der Waals surface area contributed by atoms with Crippen LogP contribution >= 0.6 is 0 Å². The first-order valence-electron chi connectivity index (χ1n) is 4.20.